The molecule has 2 heterocycles. The molecule has 1 fully saturated rings. The van der Waals surface area contributed by atoms with Crippen LogP contribution in [-0.2, 0) is 9.59 Å². The van der Waals surface area contributed by atoms with Crippen LogP contribution >= 0.6 is 0 Å². The SMILES string of the molecule is O=C1[C@@H]2CC=CC[C@H]2C(=O)N1c1cccc(C(=O)n2nnc3ccccc32)c1. The Balaban J connectivity index is 1.51. The van der Waals surface area contributed by atoms with E-state index < -0.39 is 0 Å². The van der Waals surface area contributed by atoms with Gasteiger partial charge in [-0.1, -0.05) is 35.6 Å². The van der Waals surface area contributed by atoms with E-state index in [1.54, 1.807) is 36.4 Å². The van der Waals surface area contributed by atoms with Crippen LogP contribution in [0.25, 0.3) is 11.0 Å². The summed E-state index contributed by atoms with van der Waals surface area (Å²) in [5.41, 5.74) is 1.97. The number of hydrogen-bond acceptors (Lipinski definition) is 5. The van der Waals surface area contributed by atoms with Gasteiger partial charge in [-0.25, -0.2) is 0 Å². The Bertz CT molecular complexity index is 1140. The molecule has 0 radical (unpaired) electrons. The van der Waals surface area contributed by atoms with Gasteiger partial charge in [0.1, 0.15) is 5.52 Å². The number of anilines is 1. The van der Waals surface area contributed by atoms with Gasteiger partial charge in [-0.15, -0.1) is 5.10 Å². The summed E-state index contributed by atoms with van der Waals surface area (Å²) >= 11 is 0. The van der Waals surface area contributed by atoms with Gasteiger partial charge in [0.05, 0.1) is 23.0 Å². The molecule has 7 heteroatoms. The Morgan fingerprint density at radius 2 is 1.64 bits per heavy atom. The van der Waals surface area contributed by atoms with E-state index in [0.29, 0.717) is 35.1 Å². The Morgan fingerprint density at radius 3 is 2.39 bits per heavy atom. The predicted molar refractivity (Wildman–Crippen MR) is 102 cm³/mol. The highest BCUT2D eigenvalue weighted by atomic mass is 16.2. The van der Waals surface area contributed by atoms with Gasteiger partial charge in [0.25, 0.3) is 5.91 Å². The number of hydrogen-bond donors (Lipinski definition) is 0. The Kier molecular flexibility index (Phi) is 3.68. The summed E-state index contributed by atoms with van der Waals surface area (Å²) in [7, 11) is 0. The summed E-state index contributed by atoms with van der Waals surface area (Å²) in [5.74, 6) is -1.38. The van der Waals surface area contributed by atoms with Crippen molar-refractivity contribution in [1.29, 1.82) is 0 Å². The fourth-order valence-corrected chi connectivity index (χ4v) is 3.97. The molecular weight excluding hydrogens is 356 g/mol. The molecule has 7 nitrogen and oxygen atoms in total. The number of amides is 2. The molecule has 0 N–H and O–H groups in total. The first kappa shape index (κ1) is 16.6. The van der Waals surface area contributed by atoms with E-state index in [9.17, 15) is 14.4 Å². The predicted octanol–water partition coefficient (Wildman–Crippen LogP) is 2.58. The molecule has 1 aromatic heterocycles. The lowest BCUT2D eigenvalue weighted by molar-refractivity contribution is -0.122. The normalized spacial score (nSPS) is 21.4. The van der Waals surface area contributed by atoms with E-state index in [-0.39, 0.29) is 29.6 Å². The maximum atomic E-state index is 13.0. The summed E-state index contributed by atoms with van der Waals surface area (Å²) in [6, 6.07) is 13.7. The van der Waals surface area contributed by atoms with Crippen molar-refractivity contribution < 1.29 is 14.4 Å². The van der Waals surface area contributed by atoms with Gasteiger partial charge in [-0.2, -0.15) is 4.68 Å². The van der Waals surface area contributed by atoms with Crippen LogP contribution < -0.4 is 4.90 Å². The molecule has 0 unspecified atom stereocenters. The fraction of sp³-hybridized carbons (Fsp3) is 0.190. The lowest BCUT2D eigenvalue weighted by atomic mass is 9.85. The van der Waals surface area contributed by atoms with Gasteiger partial charge in [-0.3, -0.25) is 19.3 Å². The molecule has 2 aromatic carbocycles. The first-order valence-electron chi connectivity index (χ1n) is 9.13. The van der Waals surface area contributed by atoms with E-state index in [0.717, 1.165) is 0 Å². The van der Waals surface area contributed by atoms with Crippen LogP contribution in [0.5, 0.6) is 0 Å². The van der Waals surface area contributed by atoms with Crippen molar-refractivity contribution in [2.45, 2.75) is 12.8 Å². The Labute approximate surface area is 160 Å². The standard InChI is InChI=1S/C21H16N4O3/c26-19(25-18-11-4-3-10-17(18)22-23-25)13-6-5-7-14(12-13)24-20(27)15-8-1-2-9-16(15)21(24)28/h1-7,10-12,15-16H,8-9H2/t15-,16-/m1/s1. The minimum Gasteiger partial charge on any atom is -0.274 e. The van der Waals surface area contributed by atoms with Gasteiger partial charge >= 0.3 is 0 Å². The maximum absolute atomic E-state index is 13.0. The lowest BCUT2D eigenvalue weighted by Gasteiger charge is -2.15. The van der Waals surface area contributed by atoms with Crippen molar-refractivity contribution >= 4 is 34.4 Å². The van der Waals surface area contributed by atoms with E-state index in [1.165, 1.54) is 9.58 Å². The Morgan fingerprint density at radius 1 is 0.929 bits per heavy atom. The summed E-state index contributed by atoms with van der Waals surface area (Å²) in [4.78, 5) is 39.8. The van der Waals surface area contributed by atoms with Crippen molar-refractivity contribution in [1.82, 2.24) is 15.0 Å². The molecular formula is C21H16N4O3. The van der Waals surface area contributed by atoms with Crippen LogP contribution in [0.3, 0.4) is 0 Å². The minimum absolute atomic E-state index is 0.199. The first-order valence-corrected chi connectivity index (χ1v) is 9.13. The van der Waals surface area contributed by atoms with Crippen LogP contribution in [0.15, 0.2) is 60.7 Å². The summed E-state index contributed by atoms with van der Waals surface area (Å²) < 4.78 is 1.23. The topological polar surface area (TPSA) is 85.2 Å². The van der Waals surface area contributed by atoms with Gasteiger partial charge in [0, 0.05) is 5.56 Å². The summed E-state index contributed by atoms with van der Waals surface area (Å²) in [5, 5.41) is 7.95. The number of allylic oxidation sites excluding steroid dienone is 2. The first-order chi connectivity index (χ1) is 13.6. The van der Waals surface area contributed by atoms with Crippen LogP contribution in [-0.4, -0.2) is 32.7 Å². The van der Waals surface area contributed by atoms with Crippen molar-refractivity contribution in [3.8, 4) is 0 Å². The van der Waals surface area contributed by atoms with E-state index >= 15 is 0 Å². The second-order valence-corrected chi connectivity index (χ2v) is 7.01. The average Bonchev–Trinajstić information content (AvgIpc) is 3.27. The molecule has 0 spiro atoms. The number of aromatic nitrogens is 3. The largest absolute Gasteiger partial charge is 0.280 e. The van der Waals surface area contributed by atoms with E-state index in [4.69, 9.17) is 0 Å². The van der Waals surface area contributed by atoms with Gasteiger partial charge in [-0.05, 0) is 43.2 Å². The van der Waals surface area contributed by atoms with Crippen LogP contribution in [0.2, 0.25) is 0 Å². The zero-order valence-electron chi connectivity index (χ0n) is 14.9. The Hall–Kier alpha value is -3.61. The van der Waals surface area contributed by atoms with Crippen molar-refractivity contribution in [3.05, 3.63) is 66.2 Å². The van der Waals surface area contributed by atoms with Gasteiger partial charge in [0.15, 0.2) is 0 Å². The number of carbonyl (C=O) groups excluding carboxylic acids is 3. The number of benzene rings is 2. The number of nitrogens with zero attached hydrogens (tertiary/aromatic N) is 4. The van der Waals surface area contributed by atoms with Crippen LogP contribution in [0.1, 0.15) is 23.2 Å². The highest BCUT2D eigenvalue weighted by Crippen LogP contribution is 2.37. The number of carbonyl (C=O) groups is 3. The second-order valence-electron chi connectivity index (χ2n) is 7.01. The molecule has 28 heavy (non-hydrogen) atoms. The monoisotopic (exact) mass is 372 g/mol. The molecule has 1 aliphatic carbocycles. The highest BCUT2D eigenvalue weighted by Gasteiger charge is 2.47. The van der Waals surface area contributed by atoms with Gasteiger partial charge in [0.2, 0.25) is 11.8 Å². The molecule has 1 saturated heterocycles. The summed E-state index contributed by atoms with van der Waals surface area (Å²) in [6.45, 7) is 0. The van der Waals surface area contributed by atoms with Crippen LogP contribution in [0, 0.1) is 11.8 Å². The highest BCUT2D eigenvalue weighted by molar-refractivity contribution is 6.22. The number of rotatable bonds is 2. The third kappa shape index (κ3) is 2.40. The van der Waals surface area contributed by atoms with E-state index in [2.05, 4.69) is 10.3 Å². The molecule has 2 aliphatic rings. The molecule has 0 bridgehead atoms. The molecule has 2 amide bonds. The number of fused-ring (bicyclic) bond motifs is 2. The molecule has 0 saturated carbocycles. The zero-order valence-corrected chi connectivity index (χ0v) is 14.9. The van der Waals surface area contributed by atoms with Crippen LogP contribution in [0.4, 0.5) is 5.69 Å². The van der Waals surface area contributed by atoms with Gasteiger partial charge < -0.3 is 0 Å². The molecule has 3 aromatic rings. The zero-order chi connectivity index (χ0) is 19.3. The number of imide groups is 1. The van der Waals surface area contributed by atoms with E-state index in [1.807, 2.05) is 24.3 Å². The van der Waals surface area contributed by atoms with Crippen molar-refractivity contribution in [2.24, 2.45) is 11.8 Å². The molecule has 2 atom stereocenters. The molecule has 1 aliphatic heterocycles. The lowest BCUT2D eigenvalue weighted by Crippen LogP contribution is -2.31. The second kappa shape index (κ2) is 6.23. The van der Waals surface area contributed by atoms with Crippen molar-refractivity contribution in [3.63, 3.8) is 0 Å². The minimum atomic E-state index is -0.367. The smallest absolute Gasteiger partial charge is 0.274 e. The third-order valence-electron chi connectivity index (χ3n) is 5.40. The van der Waals surface area contributed by atoms with Crippen molar-refractivity contribution in [2.75, 3.05) is 4.90 Å². The molecule has 5 rings (SSSR count). The molecule has 138 valence electrons. The summed E-state index contributed by atoms with van der Waals surface area (Å²) in [6.07, 6.45) is 5.06. The average molecular weight is 372 g/mol. The fourth-order valence-electron chi connectivity index (χ4n) is 3.97. The quantitative estimate of drug-likeness (QED) is 0.510. The maximum Gasteiger partial charge on any atom is 0.280 e. The number of para-hydroxylation sites is 1. The third-order valence-corrected chi connectivity index (χ3v) is 5.40.